The fourth-order valence-corrected chi connectivity index (χ4v) is 1.70. The van der Waals surface area contributed by atoms with E-state index in [-0.39, 0.29) is 6.42 Å². The number of unbranched alkanes of at least 4 members (excludes halogenated alkanes) is 1. The lowest BCUT2D eigenvalue weighted by Gasteiger charge is -2.12. The highest BCUT2D eigenvalue weighted by Crippen LogP contribution is 2.23. The van der Waals surface area contributed by atoms with Crippen LogP contribution in [-0.4, -0.2) is 26.1 Å². The molecule has 12 heavy (non-hydrogen) atoms. The second-order valence-electron chi connectivity index (χ2n) is 2.44. The van der Waals surface area contributed by atoms with Crippen molar-refractivity contribution in [1.82, 2.24) is 0 Å². The van der Waals surface area contributed by atoms with E-state index in [1.807, 2.05) is 0 Å². The highest BCUT2D eigenvalue weighted by Gasteiger charge is 2.44. The van der Waals surface area contributed by atoms with Crippen LogP contribution in [0.25, 0.3) is 0 Å². The molecular formula is C6H11F3O2S. The summed E-state index contributed by atoms with van der Waals surface area (Å²) in [6.07, 6.45) is 0.625. The summed E-state index contributed by atoms with van der Waals surface area (Å²) in [5, 5.41) is -4.21. The summed E-state index contributed by atoms with van der Waals surface area (Å²) in [6.45, 7) is -0.470. The minimum Gasteiger partial charge on any atom is -0.243 e. The monoisotopic (exact) mass is 204 g/mol. The van der Waals surface area contributed by atoms with Gasteiger partial charge in [0.2, 0.25) is 9.84 Å². The summed E-state index contributed by atoms with van der Waals surface area (Å²) in [5.41, 5.74) is 0. The number of rotatable bonds is 5. The largest absolute Gasteiger partial charge is 0.373 e. The molecule has 0 heterocycles. The van der Waals surface area contributed by atoms with Gasteiger partial charge in [-0.25, -0.2) is 12.8 Å². The normalized spacial score (nSPS) is 13.3. The smallest absolute Gasteiger partial charge is 0.243 e. The molecule has 0 bridgehead atoms. The Kier molecular flexibility index (Phi) is 4.02. The minimum atomic E-state index is -4.58. The van der Waals surface area contributed by atoms with Crippen LogP contribution in [0, 0.1) is 0 Å². The van der Waals surface area contributed by atoms with Gasteiger partial charge in [0.05, 0.1) is 5.75 Å². The van der Waals surface area contributed by atoms with Crippen LogP contribution in [0.15, 0.2) is 0 Å². The fraction of sp³-hybridized carbons (Fsp3) is 1.00. The molecule has 0 radical (unpaired) electrons. The van der Waals surface area contributed by atoms with Gasteiger partial charge in [0.15, 0.2) is 6.67 Å². The van der Waals surface area contributed by atoms with E-state index in [4.69, 9.17) is 0 Å². The van der Waals surface area contributed by atoms with Gasteiger partial charge in [0.1, 0.15) is 0 Å². The lowest BCUT2D eigenvalue weighted by Crippen LogP contribution is -2.33. The van der Waals surface area contributed by atoms with Gasteiger partial charge in [0, 0.05) is 0 Å². The molecule has 0 saturated carbocycles. The Morgan fingerprint density at radius 3 is 2.17 bits per heavy atom. The SMILES string of the molecule is CCCCS(=O)(=O)C(F)(F)CF. The van der Waals surface area contributed by atoms with Gasteiger partial charge >= 0.3 is 5.25 Å². The summed E-state index contributed by atoms with van der Waals surface area (Å²) in [4.78, 5) is 0. The summed E-state index contributed by atoms with van der Waals surface area (Å²) < 4.78 is 57.5. The maximum absolute atomic E-state index is 12.3. The quantitative estimate of drug-likeness (QED) is 0.683. The van der Waals surface area contributed by atoms with E-state index in [0.29, 0.717) is 6.42 Å². The zero-order valence-corrected chi connectivity index (χ0v) is 7.50. The van der Waals surface area contributed by atoms with Gasteiger partial charge in [-0.05, 0) is 6.42 Å². The molecule has 6 heteroatoms. The molecule has 0 saturated heterocycles. The standard InChI is InChI=1S/C6H11F3O2S/c1-2-3-4-12(10,11)6(8,9)5-7/h2-5H2,1H3. The molecule has 0 unspecified atom stereocenters. The molecule has 0 aliphatic rings. The number of sulfone groups is 1. The molecule has 0 amide bonds. The Morgan fingerprint density at radius 2 is 1.83 bits per heavy atom. The van der Waals surface area contributed by atoms with Crippen molar-refractivity contribution >= 4 is 9.84 Å². The topological polar surface area (TPSA) is 34.1 Å². The molecule has 2 nitrogen and oxygen atoms in total. The van der Waals surface area contributed by atoms with Crippen LogP contribution in [0.5, 0.6) is 0 Å². The van der Waals surface area contributed by atoms with E-state index in [0.717, 1.165) is 0 Å². The molecule has 74 valence electrons. The fourth-order valence-electron chi connectivity index (χ4n) is 0.567. The van der Waals surface area contributed by atoms with Crippen molar-refractivity contribution < 1.29 is 21.6 Å². The first-order valence-corrected chi connectivity index (χ1v) is 5.18. The van der Waals surface area contributed by atoms with Gasteiger partial charge < -0.3 is 0 Å². The molecule has 0 aromatic heterocycles. The predicted molar refractivity (Wildman–Crippen MR) is 39.6 cm³/mol. The molecular weight excluding hydrogens is 193 g/mol. The lowest BCUT2D eigenvalue weighted by atomic mass is 10.4. The van der Waals surface area contributed by atoms with E-state index in [1.54, 1.807) is 6.92 Å². The Balaban J connectivity index is 4.40. The molecule has 0 aliphatic carbocycles. The molecule has 0 spiro atoms. The first-order chi connectivity index (χ1) is 5.37. The van der Waals surface area contributed by atoms with Crippen molar-refractivity contribution in [2.45, 2.75) is 25.0 Å². The van der Waals surface area contributed by atoms with Crippen LogP contribution in [0.3, 0.4) is 0 Å². The molecule has 0 fully saturated rings. The molecule has 0 rings (SSSR count). The summed E-state index contributed by atoms with van der Waals surface area (Å²) >= 11 is 0. The van der Waals surface area contributed by atoms with Crippen molar-refractivity contribution in [1.29, 1.82) is 0 Å². The van der Waals surface area contributed by atoms with E-state index >= 15 is 0 Å². The third-order valence-corrected chi connectivity index (χ3v) is 3.22. The molecule has 0 aromatic carbocycles. The molecule has 0 aromatic rings. The summed E-state index contributed by atoms with van der Waals surface area (Å²) in [6, 6.07) is 0. The van der Waals surface area contributed by atoms with Crippen molar-refractivity contribution in [2.24, 2.45) is 0 Å². The van der Waals surface area contributed by atoms with Crippen LogP contribution < -0.4 is 0 Å². The van der Waals surface area contributed by atoms with Crippen molar-refractivity contribution in [3.8, 4) is 0 Å². The number of hydrogen-bond donors (Lipinski definition) is 0. The highest BCUT2D eigenvalue weighted by atomic mass is 32.2. The zero-order valence-electron chi connectivity index (χ0n) is 6.69. The van der Waals surface area contributed by atoms with E-state index < -0.39 is 27.5 Å². The van der Waals surface area contributed by atoms with Crippen LogP contribution in [0.2, 0.25) is 0 Å². The van der Waals surface area contributed by atoms with Gasteiger partial charge in [-0.3, -0.25) is 0 Å². The Morgan fingerprint density at radius 1 is 1.33 bits per heavy atom. The predicted octanol–water partition coefficient (Wildman–Crippen LogP) is 1.76. The van der Waals surface area contributed by atoms with Gasteiger partial charge in [-0.2, -0.15) is 8.78 Å². The third-order valence-electron chi connectivity index (χ3n) is 1.38. The average molecular weight is 204 g/mol. The molecule has 0 atom stereocenters. The first-order valence-electron chi connectivity index (χ1n) is 3.53. The lowest BCUT2D eigenvalue weighted by molar-refractivity contribution is 0.0620. The Labute approximate surface area is 69.7 Å². The van der Waals surface area contributed by atoms with Crippen LogP contribution >= 0.6 is 0 Å². The van der Waals surface area contributed by atoms with Gasteiger partial charge in [0.25, 0.3) is 0 Å². The number of halogens is 3. The molecule has 0 aliphatic heterocycles. The van der Waals surface area contributed by atoms with E-state index in [9.17, 15) is 21.6 Å². The second kappa shape index (κ2) is 4.11. The van der Waals surface area contributed by atoms with Gasteiger partial charge in [-0.1, -0.05) is 13.3 Å². The van der Waals surface area contributed by atoms with E-state index in [1.165, 1.54) is 0 Å². The highest BCUT2D eigenvalue weighted by molar-refractivity contribution is 7.92. The second-order valence-corrected chi connectivity index (χ2v) is 4.68. The maximum atomic E-state index is 12.3. The molecule has 0 N–H and O–H groups in total. The van der Waals surface area contributed by atoms with Crippen LogP contribution in [0.4, 0.5) is 13.2 Å². The van der Waals surface area contributed by atoms with Crippen molar-refractivity contribution in [3.05, 3.63) is 0 Å². The first kappa shape index (κ1) is 11.7. The van der Waals surface area contributed by atoms with Crippen molar-refractivity contribution in [3.63, 3.8) is 0 Å². The van der Waals surface area contributed by atoms with Gasteiger partial charge in [-0.15, -0.1) is 0 Å². The van der Waals surface area contributed by atoms with Crippen LogP contribution in [-0.2, 0) is 9.84 Å². The maximum Gasteiger partial charge on any atom is 0.373 e. The summed E-state index contributed by atoms with van der Waals surface area (Å²) in [7, 11) is -4.58. The van der Waals surface area contributed by atoms with E-state index in [2.05, 4.69) is 0 Å². The van der Waals surface area contributed by atoms with Crippen molar-refractivity contribution in [2.75, 3.05) is 12.4 Å². The van der Waals surface area contributed by atoms with Crippen LogP contribution in [0.1, 0.15) is 19.8 Å². The summed E-state index contributed by atoms with van der Waals surface area (Å²) in [5.74, 6) is -0.652. The third kappa shape index (κ3) is 2.66. The average Bonchev–Trinajstić information content (AvgIpc) is 2.00. The number of hydrogen-bond acceptors (Lipinski definition) is 2. The number of alkyl halides is 3. The zero-order chi connectivity index (χ0) is 9.83. The Hall–Kier alpha value is -0.260. The minimum absolute atomic E-state index is 0.137. The Bertz CT molecular complexity index is 223.